The highest BCUT2D eigenvalue weighted by Gasteiger charge is 2.34. The molecule has 48 heavy (non-hydrogen) atoms. The minimum Gasteiger partial charge on any atom is -0.343 e. The molecule has 0 spiro atoms. The van der Waals surface area contributed by atoms with Crippen molar-refractivity contribution in [3.63, 3.8) is 0 Å². The summed E-state index contributed by atoms with van der Waals surface area (Å²) in [5.41, 5.74) is 5.87. The Bertz CT molecular complexity index is 1340. The van der Waals surface area contributed by atoms with E-state index in [1.165, 1.54) is 11.1 Å². The third-order valence-corrected chi connectivity index (χ3v) is 11.1. The summed E-state index contributed by atoms with van der Waals surface area (Å²) in [4.78, 5) is 48.1. The maximum absolute atomic E-state index is 14.2. The highest BCUT2D eigenvalue weighted by Crippen LogP contribution is 2.26. The topological polar surface area (TPSA) is 88.2 Å². The average molecular weight is 659 g/mol. The van der Waals surface area contributed by atoms with E-state index in [1.807, 2.05) is 23.1 Å². The van der Waals surface area contributed by atoms with Gasteiger partial charge in [0.2, 0.25) is 18.2 Å². The van der Waals surface area contributed by atoms with Crippen molar-refractivity contribution in [1.29, 1.82) is 0 Å². The van der Waals surface area contributed by atoms with E-state index >= 15 is 0 Å². The second kappa shape index (κ2) is 17.9. The second-order valence-corrected chi connectivity index (χ2v) is 14.0. The summed E-state index contributed by atoms with van der Waals surface area (Å²) in [6.45, 7) is 12.5. The molecule has 5 rings (SSSR count). The number of piperidine rings is 2. The Morgan fingerprint density at radius 1 is 0.896 bits per heavy atom. The van der Waals surface area contributed by atoms with Crippen molar-refractivity contribution >= 4 is 23.9 Å². The molecule has 3 fully saturated rings. The quantitative estimate of drug-likeness (QED) is 0.299. The average Bonchev–Trinajstić information content (AvgIpc) is 3.14. The first-order chi connectivity index (χ1) is 23.4. The molecule has 262 valence electrons. The number of carbonyl (C=O) groups is 3. The van der Waals surface area contributed by atoms with Crippen LogP contribution < -0.4 is 10.6 Å². The number of piperazine rings is 1. The number of likely N-dealkylation sites (tertiary alicyclic amines) is 2. The molecule has 0 radical (unpaired) electrons. The van der Waals surface area contributed by atoms with Crippen molar-refractivity contribution in [3.8, 4) is 0 Å². The molecule has 3 amide bonds. The number of likely N-dealkylation sites (N-methyl/N-ethyl adjacent to an activating group) is 1. The van der Waals surface area contributed by atoms with Crippen LogP contribution in [-0.2, 0) is 40.1 Å². The summed E-state index contributed by atoms with van der Waals surface area (Å²) in [6, 6.07) is 15.6. The lowest BCUT2D eigenvalue weighted by Gasteiger charge is -2.41. The molecule has 3 aliphatic rings. The van der Waals surface area contributed by atoms with Gasteiger partial charge >= 0.3 is 0 Å². The molecular formula is C39H58N6O3. The monoisotopic (exact) mass is 658 g/mol. The summed E-state index contributed by atoms with van der Waals surface area (Å²) >= 11 is 0. The Morgan fingerprint density at radius 3 is 2.27 bits per heavy atom. The summed E-state index contributed by atoms with van der Waals surface area (Å²) in [7, 11) is 2.16. The van der Waals surface area contributed by atoms with Crippen LogP contribution in [0.2, 0.25) is 0 Å². The van der Waals surface area contributed by atoms with Crippen molar-refractivity contribution in [3.05, 3.63) is 64.7 Å². The molecule has 2 aromatic carbocycles. The van der Waals surface area contributed by atoms with Crippen molar-refractivity contribution in [2.75, 3.05) is 71.3 Å². The Kier molecular flexibility index (Phi) is 13.5. The first kappa shape index (κ1) is 36.0. The number of para-hydroxylation sites is 1. The largest absolute Gasteiger partial charge is 0.343 e. The van der Waals surface area contributed by atoms with E-state index in [0.717, 1.165) is 127 Å². The van der Waals surface area contributed by atoms with Gasteiger partial charge in [0, 0.05) is 83.1 Å². The summed E-state index contributed by atoms with van der Waals surface area (Å²) < 4.78 is 0. The van der Waals surface area contributed by atoms with Gasteiger partial charge in [-0.2, -0.15) is 0 Å². The fourth-order valence-electron chi connectivity index (χ4n) is 8.09. The van der Waals surface area contributed by atoms with Gasteiger partial charge in [-0.3, -0.25) is 19.3 Å². The Morgan fingerprint density at radius 2 is 1.58 bits per heavy atom. The molecule has 0 bridgehead atoms. The lowest BCUT2D eigenvalue weighted by Crippen LogP contribution is -2.53. The first-order valence-corrected chi connectivity index (χ1v) is 18.5. The molecule has 2 N–H and O–H groups in total. The van der Waals surface area contributed by atoms with Gasteiger partial charge in [-0.05, 0) is 86.7 Å². The lowest BCUT2D eigenvalue weighted by molar-refractivity contribution is -0.143. The zero-order valence-electron chi connectivity index (χ0n) is 29.6. The van der Waals surface area contributed by atoms with E-state index in [2.05, 4.69) is 70.5 Å². The van der Waals surface area contributed by atoms with Crippen LogP contribution in [0, 0.1) is 5.92 Å². The van der Waals surface area contributed by atoms with E-state index in [0.29, 0.717) is 18.5 Å². The molecular weight excluding hydrogens is 600 g/mol. The third-order valence-electron chi connectivity index (χ3n) is 11.1. The van der Waals surface area contributed by atoms with Crippen LogP contribution in [0.15, 0.2) is 42.5 Å². The predicted molar refractivity (Wildman–Crippen MR) is 193 cm³/mol. The van der Waals surface area contributed by atoms with Gasteiger partial charge in [0.15, 0.2) is 0 Å². The zero-order chi connectivity index (χ0) is 33.9. The minimum absolute atomic E-state index is 0.111. The number of hydrogen-bond acceptors (Lipinski definition) is 6. The highest BCUT2D eigenvalue weighted by atomic mass is 16.2. The molecule has 0 saturated carbocycles. The predicted octanol–water partition coefficient (Wildman–Crippen LogP) is 3.99. The number of carbonyl (C=O) groups excluding carboxylic acids is 3. The fraction of sp³-hybridized carbons (Fsp3) is 0.615. The number of aryl methyl sites for hydroxylation is 2. The Labute approximate surface area is 288 Å². The standard InChI is InChI=1S/C39H58N6O3/c1-4-31-11-10-30(26-32(31)5-2)27-34(39(48)45-22-15-36(16-23-45)43-24-17-40-18-25-43)28-38(47)44-20-13-35(14-21-44)42(3)19-12-33-8-6-7-9-37(33)41-29-46/h6-11,26,29,34-36,40H,4-5,12-25,27-28H2,1-3H3,(H,41,46)/t34-/m0/s1. The van der Waals surface area contributed by atoms with E-state index in [4.69, 9.17) is 0 Å². The van der Waals surface area contributed by atoms with Gasteiger partial charge in [0.05, 0.1) is 5.92 Å². The summed E-state index contributed by atoms with van der Waals surface area (Å²) in [5.74, 6) is -0.0792. The number of benzene rings is 2. The molecule has 2 aromatic rings. The number of amides is 3. The number of anilines is 1. The zero-order valence-corrected chi connectivity index (χ0v) is 29.6. The molecule has 9 heteroatoms. The van der Waals surface area contributed by atoms with Crippen LogP contribution in [0.4, 0.5) is 5.69 Å². The molecule has 1 atom stereocenters. The van der Waals surface area contributed by atoms with Gasteiger partial charge in [-0.15, -0.1) is 0 Å². The molecule has 3 aliphatic heterocycles. The van der Waals surface area contributed by atoms with E-state index in [-0.39, 0.29) is 24.2 Å². The lowest BCUT2D eigenvalue weighted by atomic mass is 9.90. The van der Waals surface area contributed by atoms with Crippen LogP contribution >= 0.6 is 0 Å². The molecule has 0 unspecified atom stereocenters. The van der Waals surface area contributed by atoms with Crippen LogP contribution in [0.3, 0.4) is 0 Å². The van der Waals surface area contributed by atoms with E-state index in [1.54, 1.807) is 0 Å². The minimum atomic E-state index is -0.342. The van der Waals surface area contributed by atoms with Gasteiger partial charge in [-0.1, -0.05) is 50.2 Å². The molecule has 3 heterocycles. The van der Waals surface area contributed by atoms with Crippen LogP contribution in [-0.4, -0.2) is 116 Å². The maximum Gasteiger partial charge on any atom is 0.226 e. The van der Waals surface area contributed by atoms with Crippen LogP contribution in [0.5, 0.6) is 0 Å². The molecule has 0 aliphatic carbocycles. The number of hydrogen-bond donors (Lipinski definition) is 2. The molecule has 0 aromatic heterocycles. The molecule has 9 nitrogen and oxygen atoms in total. The number of nitrogens with one attached hydrogen (secondary N) is 2. The van der Waals surface area contributed by atoms with E-state index in [9.17, 15) is 14.4 Å². The van der Waals surface area contributed by atoms with Crippen LogP contribution in [0.25, 0.3) is 0 Å². The Hall–Kier alpha value is -3.27. The SMILES string of the molecule is CCc1ccc(C[C@@H](CC(=O)N2CCC(N(C)CCc3ccccc3NC=O)CC2)C(=O)N2CCC(N3CCNCC3)CC2)cc1CC. The number of rotatable bonds is 14. The van der Waals surface area contributed by atoms with Crippen molar-refractivity contribution in [2.45, 2.75) is 83.7 Å². The first-order valence-electron chi connectivity index (χ1n) is 18.5. The van der Waals surface area contributed by atoms with Gasteiger partial charge in [0.25, 0.3) is 0 Å². The summed E-state index contributed by atoms with van der Waals surface area (Å²) in [5, 5.41) is 6.26. The van der Waals surface area contributed by atoms with Gasteiger partial charge < -0.3 is 25.3 Å². The van der Waals surface area contributed by atoms with Crippen molar-refractivity contribution < 1.29 is 14.4 Å². The molecule has 3 saturated heterocycles. The maximum atomic E-state index is 14.2. The third kappa shape index (κ3) is 9.45. The van der Waals surface area contributed by atoms with Crippen LogP contribution in [0.1, 0.15) is 68.2 Å². The smallest absolute Gasteiger partial charge is 0.226 e. The van der Waals surface area contributed by atoms with Gasteiger partial charge in [-0.25, -0.2) is 0 Å². The normalized spacial score (nSPS) is 19.0. The van der Waals surface area contributed by atoms with E-state index < -0.39 is 0 Å². The fourth-order valence-corrected chi connectivity index (χ4v) is 8.09. The van der Waals surface area contributed by atoms with Gasteiger partial charge in [0.1, 0.15) is 0 Å². The van der Waals surface area contributed by atoms with Crippen molar-refractivity contribution in [1.82, 2.24) is 24.9 Å². The van der Waals surface area contributed by atoms with Crippen molar-refractivity contribution in [2.24, 2.45) is 5.92 Å². The highest BCUT2D eigenvalue weighted by molar-refractivity contribution is 5.86. The Balaban J connectivity index is 1.18. The second-order valence-electron chi connectivity index (χ2n) is 14.0. The summed E-state index contributed by atoms with van der Waals surface area (Å²) in [6.07, 6.45) is 8.31. The number of nitrogens with zero attached hydrogens (tertiary/aromatic N) is 4.